The van der Waals surface area contributed by atoms with Crippen molar-refractivity contribution in [2.24, 2.45) is 0 Å². The van der Waals surface area contributed by atoms with Crippen LogP contribution in [0.15, 0.2) is 18.2 Å². The molecule has 1 aromatic carbocycles. The number of hydrogen-bond acceptors (Lipinski definition) is 3. The normalized spacial score (nSPS) is 19.8. The number of nitriles is 1. The molecule has 1 saturated heterocycles. The number of nitrogens with zero attached hydrogens (tertiary/aromatic N) is 2. The molecule has 108 valence electrons. The summed E-state index contributed by atoms with van der Waals surface area (Å²) < 4.78 is 44.3. The maximum Gasteiger partial charge on any atom is 0.417 e. The molecule has 1 heterocycles. The van der Waals surface area contributed by atoms with Crippen LogP contribution < -0.4 is 4.90 Å². The van der Waals surface area contributed by atoms with Crippen LogP contribution in [0, 0.1) is 11.3 Å². The van der Waals surface area contributed by atoms with E-state index in [9.17, 15) is 13.2 Å². The lowest BCUT2D eigenvalue weighted by molar-refractivity contribution is -0.137. The minimum absolute atomic E-state index is 0.0674. The molecule has 0 aromatic heterocycles. The van der Waals surface area contributed by atoms with E-state index < -0.39 is 11.7 Å². The van der Waals surface area contributed by atoms with Gasteiger partial charge in [0.25, 0.3) is 0 Å². The molecular weight excluding hydrogens is 269 g/mol. The third-order valence-electron chi connectivity index (χ3n) is 3.46. The molecule has 20 heavy (non-hydrogen) atoms. The van der Waals surface area contributed by atoms with Crippen molar-refractivity contribution in [3.05, 3.63) is 29.3 Å². The minimum Gasteiger partial charge on any atom is -0.377 e. The highest BCUT2D eigenvalue weighted by Crippen LogP contribution is 2.35. The van der Waals surface area contributed by atoms with E-state index in [1.165, 1.54) is 6.07 Å². The molecule has 1 aromatic rings. The molecule has 1 atom stereocenters. The Labute approximate surface area is 115 Å². The summed E-state index contributed by atoms with van der Waals surface area (Å²) in [6.45, 7) is 3.54. The molecule has 3 nitrogen and oxygen atoms in total. The lowest BCUT2D eigenvalue weighted by Gasteiger charge is -2.37. The van der Waals surface area contributed by atoms with Crippen LogP contribution in [0.4, 0.5) is 18.9 Å². The summed E-state index contributed by atoms with van der Waals surface area (Å²) in [5.74, 6) is 0. The van der Waals surface area contributed by atoms with Gasteiger partial charge >= 0.3 is 6.18 Å². The zero-order valence-electron chi connectivity index (χ0n) is 11.1. The second-order valence-electron chi connectivity index (χ2n) is 4.67. The van der Waals surface area contributed by atoms with Gasteiger partial charge in [0.15, 0.2) is 0 Å². The first-order valence-corrected chi connectivity index (χ1v) is 6.43. The van der Waals surface area contributed by atoms with Crippen LogP contribution in [0.3, 0.4) is 0 Å². The molecule has 1 aliphatic rings. The van der Waals surface area contributed by atoms with Crippen LogP contribution in [-0.4, -0.2) is 25.8 Å². The second-order valence-corrected chi connectivity index (χ2v) is 4.67. The fourth-order valence-corrected chi connectivity index (χ4v) is 2.38. The highest BCUT2D eigenvalue weighted by atomic mass is 19.4. The predicted molar refractivity (Wildman–Crippen MR) is 68.4 cm³/mol. The quantitative estimate of drug-likeness (QED) is 0.836. The second kappa shape index (κ2) is 5.71. The molecule has 6 heteroatoms. The summed E-state index contributed by atoms with van der Waals surface area (Å²) in [6.07, 6.45) is -3.73. The monoisotopic (exact) mass is 284 g/mol. The van der Waals surface area contributed by atoms with Gasteiger partial charge in [-0.3, -0.25) is 0 Å². The van der Waals surface area contributed by atoms with Crippen molar-refractivity contribution in [3.63, 3.8) is 0 Å². The molecule has 2 rings (SSSR count). The molecular formula is C14H15F3N2O. The van der Waals surface area contributed by atoms with E-state index in [2.05, 4.69) is 0 Å². The van der Waals surface area contributed by atoms with E-state index in [1.54, 1.807) is 12.1 Å². The summed E-state index contributed by atoms with van der Waals surface area (Å²) in [6, 6.07) is 5.53. The zero-order valence-corrected chi connectivity index (χ0v) is 11.1. The summed E-state index contributed by atoms with van der Waals surface area (Å²) in [4.78, 5) is 1.92. The van der Waals surface area contributed by atoms with Crippen molar-refractivity contribution in [2.75, 3.05) is 24.7 Å². The minimum atomic E-state index is -4.52. The maximum atomic E-state index is 13.0. The largest absolute Gasteiger partial charge is 0.417 e. The molecule has 1 unspecified atom stereocenters. The smallest absolute Gasteiger partial charge is 0.377 e. The third-order valence-corrected chi connectivity index (χ3v) is 3.46. The fraction of sp³-hybridized carbons (Fsp3) is 0.500. The highest BCUT2D eigenvalue weighted by Gasteiger charge is 2.34. The molecule has 0 radical (unpaired) electrons. The number of hydrogen-bond donors (Lipinski definition) is 0. The Morgan fingerprint density at radius 3 is 2.80 bits per heavy atom. The highest BCUT2D eigenvalue weighted by molar-refractivity contribution is 5.55. The van der Waals surface area contributed by atoms with Gasteiger partial charge in [0.05, 0.1) is 36.5 Å². The lowest BCUT2D eigenvalue weighted by atomic mass is 10.0. The first kappa shape index (κ1) is 14.7. The topological polar surface area (TPSA) is 36.3 Å². The molecule has 0 saturated carbocycles. The SMILES string of the molecule is CCC1COCCN1c1ccc(C#N)c(C(F)(F)F)c1. The number of alkyl halides is 3. The van der Waals surface area contributed by atoms with Gasteiger partial charge in [0.2, 0.25) is 0 Å². The van der Waals surface area contributed by atoms with Gasteiger partial charge in [-0.1, -0.05) is 6.92 Å². The summed E-state index contributed by atoms with van der Waals surface area (Å²) in [5, 5.41) is 8.80. The molecule has 1 aliphatic heterocycles. The summed E-state index contributed by atoms with van der Waals surface area (Å²) in [7, 11) is 0. The standard InChI is InChI=1S/C14H15F3N2O/c1-2-11-9-20-6-5-19(11)12-4-3-10(8-18)13(7-12)14(15,16)17/h3-4,7,11H,2,5-6,9H2,1H3. The molecule has 0 bridgehead atoms. The predicted octanol–water partition coefficient (Wildman–Crippen LogP) is 3.19. The number of rotatable bonds is 2. The average molecular weight is 284 g/mol. The molecule has 0 N–H and O–H groups in total. The molecule has 0 spiro atoms. The van der Waals surface area contributed by atoms with Gasteiger partial charge in [-0.15, -0.1) is 0 Å². The van der Waals surface area contributed by atoms with E-state index in [-0.39, 0.29) is 11.6 Å². The van der Waals surface area contributed by atoms with Crippen molar-refractivity contribution in [2.45, 2.75) is 25.6 Å². The van der Waals surface area contributed by atoms with Gasteiger partial charge < -0.3 is 9.64 Å². The van der Waals surface area contributed by atoms with E-state index in [1.807, 2.05) is 11.8 Å². The van der Waals surface area contributed by atoms with E-state index in [0.717, 1.165) is 12.5 Å². The average Bonchev–Trinajstić information content (AvgIpc) is 2.45. The van der Waals surface area contributed by atoms with Crippen molar-refractivity contribution in [1.82, 2.24) is 0 Å². The van der Waals surface area contributed by atoms with Crippen molar-refractivity contribution in [1.29, 1.82) is 5.26 Å². The molecule has 0 amide bonds. The number of anilines is 1. The van der Waals surface area contributed by atoms with E-state index in [4.69, 9.17) is 10.00 Å². The van der Waals surface area contributed by atoms with Crippen LogP contribution in [0.25, 0.3) is 0 Å². The number of halogens is 3. The Balaban J connectivity index is 2.40. The Bertz CT molecular complexity index is 522. The lowest BCUT2D eigenvalue weighted by Crippen LogP contribution is -2.45. The van der Waals surface area contributed by atoms with Crippen LogP contribution >= 0.6 is 0 Å². The first-order valence-electron chi connectivity index (χ1n) is 6.43. The molecule has 1 fully saturated rings. The van der Waals surface area contributed by atoms with Crippen molar-refractivity contribution >= 4 is 5.69 Å². The number of ether oxygens (including phenoxy) is 1. The van der Waals surface area contributed by atoms with Crippen molar-refractivity contribution < 1.29 is 17.9 Å². The van der Waals surface area contributed by atoms with Crippen molar-refractivity contribution in [3.8, 4) is 6.07 Å². The van der Waals surface area contributed by atoms with Gasteiger partial charge in [-0.25, -0.2) is 0 Å². The summed E-state index contributed by atoms with van der Waals surface area (Å²) >= 11 is 0. The van der Waals surface area contributed by atoms with E-state index in [0.29, 0.717) is 25.4 Å². The third kappa shape index (κ3) is 2.88. The zero-order chi connectivity index (χ0) is 14.8. The summed E-state index contributed by atoms with van der Waals surface area (Å²) in [5.41, 5.74) is -0.729. The number of morpholine rings is 1. The fourth-order valence-electron chi connectivity index (χ4n) is 2.38. The Morgan fingerprint density at radius 1 is 1.45 bits per heavy atom. The van der Waals surface area contributed by atoms with Gasteiger partial charge in [0.1, 0.15) is 0 Å². The Morgan fingerprint density at radius 2 is 2.20 bits per heavy atom. The molecule has 0 aliphatic carbocycles. The Kier molecular flexibility index (Phi) is 4.19. The number of benzene rings is 1. The van der Waals surface area contributed by atoms with Gasteiger partial charge in [0, 0.05) is 12.2 Å². The van der Waals surface area contributed by atoms with Crippen LogP contribution in [0.2, 0.25) is 0 Å². The Hall–Kier alpha value is -1.74. The van der Waals surface area contributed by atoms with Crippen LogP contribution in [-0.2, 0) is 10.9 Å². The van der Waals surface area contributed by atoms with Crippen LogP contribution in [0.1, 0.15) is 24.5 Å². The first-order chi connectivity index (χ1) is 9.47. The van der Waals surface area contributed by atoms with Gasteiger partial charge in [-0.2, -0.15) is 18.4 Å². The van der Waals surface area contributed by atoms with Crippen LogP contribution in [0.5, 0.6) is 0 Å². The maximum absolute atomic E-state index is 13.0. The van der Waals surface area contributed by atoms with E-state index >= 15 is 0 Å². The van der Waals surface area contributed by atoms with Gasteiger partial charge in [-0.05, 0) is 24.6 Å².